The van der Waals surface area contributed by atoms with E-state index in [4.69, 9.17) is 5.11 Å². The summed E-state index contributed by atoms with van der Waals surface area (Å²) in [4.78, 5) is 24.9. The highest BCUT2D eigenvalue weighted by Crippen LogP contribution is 2.14. The van der Waals surface area contributed by atoms with Gasteiger partial charge >= 0.3 is 5.97 Å². The Kier molecular flexibility index (Phi) is 6.15. The van der Waals surface area contributed by atoms with Crippen LogP contribution in [0, 0.1) is 12.8 Å². The number of amides is 1. The van der Waals surface area contributed by atoms with E-state index in [2.05, 4.69) is 13.8 Å². The van der Waals surface area contributed by atoms with Gasteiger partial charge < -0.3 is 10.0 Å². The van der Waals surface area contributed by atoms with E-state index in [1.165, 1.54) is 6.08 Å². The number of carboxylic acid groups (broad SMARTS) is 1. The minimum Gasteiger partial charge on any atom is -0.478 e. The lowest BCUT2D eigenvalue weighted by Gasteiger charge is -2.23. The van der Waals surface area contributed by atoms with Crippen molar-refractivity contribution < 1.29 is 14.7 Å². The highest BCUT2D eigenvalue weighted by atomic mass is 16.4. The number of rotatable bonds is 6. The molecule has 0 spiro atoms. The zero-order valence-electron chi connectivity index (χ0n) is 13.1. The number of hydrogen-bond acceptors (Lipinski definition) is 2. The minimum absolute atomic E-state index is 0.0140. The van der Waals surface area contributed by atoms with E-state index < -0.39 is 5.97 Å². The molecule has 0 saturated heterocycles. The zero-order valence-corrected chi connectivity index (χ0v) is 13.1. The van der Waals surface area contributed by atoms with Crippen LogP contribution in [-0.2, 0) is 4.79 Å². The molecule has 1 N–H and O–H groups in total. The average molecular weight is 289 g/mol. The van der Waals surface area contributed by atoms with Crippen molar-refractivity contribution in [3.8, 4) is 0 Å². The first-order valence-corrected chi connectivity index (χ1v) is 7.15. The van der Waals surface area contributed by atoms with Crippen LogP contribution in [0.2, 0.25) is 0 Å². The summed E-state index contributed by atoms with van der Waals surface area (Å²) in [5, 5.41) is 8.69. The van der Waals surface area contributed by atoms with Gasteiger partial charge in [-0.25, -0.2) is 4.79 Å². The third-order valence-electron chi connectivity index (χ3n) is 3.02. The highest BCUT2D eigenvalue weighted by molar-refractivity contribution is 5.95. The fourth-order valence-corrected chi connectivity index (χ4v) is 2.18. The highest BCUT2D eigenvalue weighted by Gasteiger charge is 2.15. The second-order valence-electron chi connectivity index (χ2n) is 5.54. The van der Waals surface area contributed by atoms with Crippen molar-refractivity contribution in [2.75, 3.05) is 13.1 Å². The van der Waals surface area contributed by atoms with Crippen LogP contribution >= 0.6 is 0 Å². The smallest absolute Gasteiger partial charge is 0.328 e. The third kappa shape index (κ3) is 5.42. The number of aliphatic carboxylic acids is 1. The number of hydrogen-bond donors (Lipinski definition) is 1. The van der Waals surface area contributed by atoms with Gasteiger partial charge in [-0.05, 0) is 49.1 Å². The van der Waals surface area contributed by atoms with Gasteiger partial charge in [-0.1, -0.05) is 19.9 Å². The molecule has 0 aliphatic carbocycles. The van der Waals surface area contributed by atoms with Gasteiger partial charge in [0.05, 0.1) is 0 Å². The van der Waals surface area contributed by atoms with Gasteiger partial charge in [0.15, 0.2) is 0 Å². The summed E-state index contributed by atoms with van der Waals surface area (Å²) in [5.74, 6) is -0.607. The fourth-order valence-electron chi connectivity index (χ4n) is 2.18. The Morgan fingerprint density at radius 2 is 1.95 bits per heavy atom. The first-order chi connectivity index (χ1) is 9.83. The van der Waals surface area contributed by atoms with Gasteiger partial charge in [0.25, 0.3) is 5.91 Å². The number of carbonyl (C=O) groups excluding carboxylic acids is 1. The molecule has 0 unspecified atom stereocenters. The SMILES string of the molecule is CCN(CC(C)C)C(=O)c1cc(C)cc(/C=C/C(=O)O)c1. The molecule has 0 aromatic heterocycles. The number of carboxylic acids is 1. The first-order valence-electron chi connectivity index (χ1n) is 7.15. The molecule has 0 aliphatic heterocycles. The molecule has 0 heterocycles. The molecular formula is C17H23NO3. The molecule has 114 valence electrons. The van der Waals surface area contributed by atoms with E-state index in [0.717, 1.165) is 17.2 Å². The minimum atomic E-state index is -1.00. The number of carbonyl (C=O) groups is 2. The van der Waals surface area contributed by atoms with Crippen molar-refractivity contribution in [1.82, 2.24) is 4.90 Å². The van der Waals surface area contributed by atoms with Gasteiger partial charge in [-0.3, -0.25) is 4.79 Å². The lowest BCUT2D eigenvalue weighted by Crippen LogP contribution is -2.34. The second kappa shape index (κ2) is 7.62. The van der Waals surface area contributed by atoms with Crippen molar-refractivity contribution in [2.24, 2.45) is 5.92 Å². The summed E-state index contributed by atoms with van der Waals surface area (Å²) in [6, 6.07) is 5.43. The molecular weight excluding hydrogens is 266 g/mol. The number of aryl methyl sites for hydroxylation is 1. The van der Waals surface area contributed by atoms with Crippen LogP contribution in [0.4, 0.5) is 0 Å². The van der Waals surface area contributed by atoms with Crippen LogP contribution in [0.3, 0.4) is 0 Å². The van der Waals surface area contributed by atoms with Gasteiger partial charge in [0, 0.05) is 24.7 Å². The Morgan fingerprint density at radius 3 is 2.48 bits per heavy atom. The molecule has 0 aliphatic rings. The van der Waals surface area contributed by atoms with Crippen LogP contribution in [0.5, 0.6) is 0 Å². The van der Waals surface area contributed by atoms with E-state index in [1.807, 2.05) is 30.9 Å². The van der Waals surface area contributed by atoms with Gasteiger partial charge in [-0.2, -0.15) is 0 Å². The van der Waals surface area contributed by atoms with Crippen molar-refractivity contribution in [3.63, 3.8) is 0 Å². The maximum absolute atomic E-state index is 12.5. The predicted octanol–water partition coefficient (Wildman–Crippen LogP) is 3.21. The molecule has 1 aromatic rings. The van der Waals surface area contributed by atoms with Crippen LogP contribution in [0.15, 0.2) is 24.3 Å². The molecule has 21 heavy (non-hydrogen) atoms. The molecule has 0 atom stereocenters. The standard InChI is InChI=1S/C17H23NO3/c1-5-18(11-12(2)3)17(21)15-9-13(4)8-14(10-15)6-7-16(19)20/h6-10,12H,5,11H2,1-4H3,(H,19,20)/b7-6+. The Hall–Kier alpha value is -2.10. The van der Waals surface area contributed by atoms with Gasteiger partial charge in [0.1, 0.15) is 0 Å². The molecule has 1 aromatic carbocycles. The summed E-state index contributed by atoms with van der Waals surface area (Å²) in [7, 11) is 0. The Morgan fingerprint density at radius 1 is 1.29 bits per heavy atom. The molecule has 0 radical (unpaired) electrons. The summed E-state index contributed by atoms with van der Waals surface area (Å²) in [5.41, 5.74) is 2.26. The van der Waals surface area contributed by atoms with Gasteiger partial charge in [-0.15, -0.1) is 0 Å². The van der Waals surface area contributed by atoms with Gasteiger partial charge in [0.2, 0.25) is 0 Å². The van der Waals surface area contributed by atoms with Crippen molar-refractivity contribution in [2.45, 2.75) is 27.7 Å². The Balaban J connectivity index is 3.06. The third-order valence-corrected chi connectivity index (χ3v) is 3.02. The summed E-state index contributed by atoms with van der Waals surface area (Å²) >= 11 is 0. The van der Waals surface area contributed by atoms with Crippen LogP contribution in [0.1, 0.15) is 42.3 Å². The van der Waals surface area contributed by atoms with Crippen LogP contribution in [-0.4, -0.2) is 35.0 Å². The van der Waals surface area contributed by atoms with Crippen LogP contribution in [0.25, 0.3) is 6.08 Å². The predicted molar refractivity (Wildman–Crippen MR) is 84.3 cm³/mol. The molecule has 0 bridgehead atoms. The first kappa shape index (κ1) is 17.0. The lowest BCUT2D eigenvalue weighted by molar-refractivity contribution is -0.131. The molecule has 1 amide bonds. The van der Waals surface area contributed by atoms with Crippen molar-refractivity contribution in [1.29, 1.82) is 0 Å². The van der Waals surface area contributed by atoms with E-state index >= 15 is 0 Å². The largest absolute Gasteiger partial charge is 0.478 e. The lowest BCUT2D eigenvalue weighted by atomic mass is 10.0. The number of nitrogens with zero attached hydrogens (tertiary/aromatic N) is 1. The normalized spacial score (nSPS) is 11.1. The van der Waals surface area contributed by atoms with Crippen molar-refractivity contribution >= 4 is 18.0 Å². The molecule has 1 rings (SSSR count). The molecule has 0 fully saturated rings. The van der Waals surface area contributed by atoms with E-state index in [0.29, 0.717) is 24.6 Å². The monoisotopic (exact) mass is 289 g/mol. The molecule has 0 saturated carbocycles. The topological polar surface area (TPSA) is 57.6 Å². The quantitative estimate of drug-likeness (QED) is 0.818. The summed E-state index contributed by atoms with van der Waals surface area (Å²) < 4.78 is 0. The number of benzene rings is 1. The maximum Gasteiger partial charge on any atom is 0.328 e. The van der Waals surface area contributed by atoms with E-state index in [-0.39, 0.29) is 5.91 Å². The maximum atomic E-state index is 12.5. The zero-order chi connectivity index (χ0) is 16.0. The van der Waals surface area contributed by atoms with Crippen LogP contribution < -0.4 is 0 Å². The second-order valence-corrected chi connectivity index (χ2v) is 5.54. The van der Waals surface area contributed by atoms with E-state index in [1.54, 1.807) is 6.07 Å². The van der Waals surface area contributed by atoms with E-state index in [9.17, 15) is 9.59 Å². The Bertz CT molecular complexity index is 547. The summed E-state index contributed by atoms with van der Waals surface area (Å²) in [6.07, 6.45) is 2.58. The van der Waals surface area contributed by atoms with Crippen molar-refractivity contribution in [3.05, 3.63) is 41.0 Å². The average Bonchev–Trinajstić information content (AvgIpc) is 2.41. The summed E-state index contributed by atoms with van der Waals surface area (Å²) in [6.45, 7) is 9.38. The molecule has 4 nitrogen and oxygen atoms in total. The fraction of sp³-hybridized carbons (Fsp3) is 0.412. The molecule has 4 heteroatoms. The Labute approximate surface area is 126 Å².